The van der Waals surface area contributed by atoms with Crippen LogP contribution in [-0.2, 0) is 0 Å². The van der Waals surface area contributed by atoms with Crippen molar-refractivity contribution in [2.75, 3.05) is 6.54 Å². The van der Waals surface area contributed by atoms with E-state index in [-0.39, 0.29) is 17.6 Å². The van der Waals surface area contributed by atoms with E-state index in [2.05, 4.69) is 24.2 Å². The zero-order chi connectivity index (χ0) is 30.3. The van der Waals surface area contributed by atoms with Gasteiger partial charge in [-0.3, -0.25) is 0 Å². The molecule has 226 valence electrons. The van der Waals surface area contributed by atoms with Crippen molar-refractivity contribution in [1.82, 2.24) is 14.8 Å². The zero-order valence-corrected chi connectivity index (χ0v) is 23.6. The summed E-state index contributed by atoms with van der Waals surface area (Å²) >= 11 is 0. The Morgan fingerprint density at radius 3 is 2.40 bits per heavy atom. The number of carboxylic acid groups (broad SMARTS) is 1. The van der Waals surface area contributed by atoms with Gasteiger partial charge in [-0.15, -0.1) is 0 Å². The highest BCUT2D eigenvalue weighted by molar-refractivity contribution is 5.87. The first-order chi connectivity index (χ1) is 20.0. The molecule has 1 heterocycles. The van der Waals surface area contributed by atoms with Crippen LogP contribution in [0.5, 0.6) is 5.75 Å². The molecule has 11 heteroatoms. The van der Waals surface area contributed by atoms with E-state index in [0.29, 0.717) is 16.6 Å². The molecule has 5 rings (SSSR count). The van der Waals surface area contributed by atoms with Crippen LogP contribution in [0.1, 0.15) is 62.2 Å². The van der Waals surface area contributed by atoms with Crippen molar-refractivity contribution in [3.05, 3.63) is 78.4 Å². The third kappa shape index (κ3) is 9.27. The summed E-state index contributed by atoms with van der Waals surface area (Å²) in [6.45, 7) is 1.02. The Balaban J connectivity index is 0.000000262. The number of allylic oxidation sites excluding steroid dienone is 1. The molecule has 2 aromatic carbocycles. The lowest BCUT2D eigenvalue weighted by Gasteiger charge is -2.28. The van der Waals surface area contributed by atoms with Gasteiger partial charge in [0.15, 0.2) is 0 Å². The molecular weight excluding hydrogens is 547 g/mol. The molecule has 0 radical (unpaired) electrons. The Bertz CT molecular complexity index is 1360. The van der Waals surface area contributed by atoms with E-state index < -0.39 is 18.7 Å². The van der Waals surface area contributed by atoms with E-state index in [1.165, 1.54) is 44.5 Å². The molecular formula is C31H38F3N5O3. The zero-order valence-electron chi connectivity index (χ0n) is 23.6. The van der Waals surface area contributed by atoms with Gasteiger partial charge in [0, 0.05) is 24.0 Å². The molecule has 0 bridgehead atoms. The van der Waals surface area contributed by atoms with Crippen LogP contribution in [0.4, 0.5) is 13.2 Å². The molecule has 0 spiro atoms. The third-order valence-electron chi connectivity index (χ3n) is 7.47. The average Bonchev–Trinajstić information content (AvgIpc) is 3.69. The van der Waals surface area contributed by atoms with Gasteiger partial charge in [-0.25, -0.2) is 15.3 Å². The summed E-state index contributed by atoms with van der Waals surface area (Å²) in [7, 11) is 0. The standard InChI is InChI=1S/C24H26N2O3.C7H12F3N3/c1-17(18-7-3-2-4-8-18)29-23-12-6-10-20(14-23)19-9-5-11-22(13-19)26-16-21(15-25-26)24(27)28;8-7(9,10)4-13(12)3-6(11)5-1-2-5/h5-6,9-18H,2-4,7-8H2,1H3,(H,27,28);3,5H,1-2,4,11-12H2/b;6-3-. The number of halogens is 3. The molecule has 2 aliphatic carbocycles. The van der Waals surface area contributed by atoms with Gasteiger partial charge in [0.05, 0.1) is 23.6 Å². The number of alkyl halides is 3. The van der Waals surface area contributed by atoms with E-state index in [9.17, 15) is 18.0 Å². The number of aromatic nitrogens is 2. The summed E-state index contributed by atoms with van der Waals surface area (Å²) in [4.78, 5) is 11.1. The van der Waals surface area contributed by atoms with Crippen LogP contribution in [0.2, 0.25) is 0 Å². The second-order valence-electron chi connectivity index (χ2n) is 11.0. The molecule has 42 heavy (non-hydrogen) atoms. The number of benzene rings is 2. The van der Waals surface area contributed by atoms with E-state index >= 15 is 0 Å². The van der Waals surface area contributed by atoms with E-state index in [1.807, 2.05) is 36.4 Å². The summed E-state index contributed by atoms with van der Waals surface area (Å²) in [6, 6.07) is 16.1. The number of carboxylic acids is 1. The Kier molecular flexibility index (Phi) is 10.2. The summed E-state index contributed by atoms with van der Waals surface area (Å²) in [5.74, 6) is 5.86. The number of aromatic carboxylic acids is 1. The van der Waals surface area contributed by atoms with E-state index in [0.717, 1.165) is 41.6 Å². The third-order valence-corrected chi connectivity index (χ3v) is 7.47. The van der Waals surface area contributed by atoms with Crippen molar-refractivity contribution < 1.29 is 27.8 Å². The highest BCUT2D eigenvalue weighted by Crippen LogP contribution is 2.34. The smallest absolute Gasteiger partial charge is 0.407 e. The normalized spacial score (nSPS) is 16.7. The molecule has 0 saturated heterocycles. The molecule has 1 aromatic heterocycles. The van der Waals surface area contributed by atoms with Crippen LogP contribution in [0.15, 0.2) is 72.8 Å². The predicted molar refractivity (Wildman–Crippen MR) is 155 cm³/mol. The molecule has 1 atom stereocenters. The van der Waals surface area contributed by atoms with Crippen LogP contribution in [0.3, 0.4) is 0 Å². The number of hydrogen-bond donors (Lipinski definition) is 3. The fraction of sp³-hybridized carbons (Fsp3) is 0.419. The van der Waals surface area contributed by atoms with Gasteiger partial charge in [0.25, 0.3) is 0 Å². The van der Waals surface area contributed by atoms with Crippen molar-refractivity contribution in [2.24, 2.45) is 23.4 Å². The minimum atomic E-state index is -4.28. The van der Waals surface area contributed by atoms with Crippen LogP contribution in [-0.4, -0.2) is 44.7 Å². The van der Waals surface area contributed by atoms with Gasteiger partial charge in [0.2, 0.25) is 0 Å². The van der Waals surface area contributed by atoms with E-state index in [4.69, 9.17) is 21.4 Å². The summed E-state index contributed by atoms with van der Waals surface area (Å²) in [5.41, 5.74) is 8.99. The SMILES string of the molecule is CC(Oc1cccc(-c2cccc(-n3cc(C(=O)O)cn3)c2)c1)C1CCCCC1.N/C(=C\N(N)CC(F)(F)F)C1CC1. The number of carbonyl (C=O) groups is 1. The highest BCUT2D eigenvalue weighted by atomic mass is 19.4. The van der Waals surface area contributed by atoms with Crippen molar-refractivity contribution in [1.29, 1.82) is 0 Å². The van der Waals surface area contributed by atoms with Gasteiger partial charge in [0.1, 0.15) is 12.3 Å². The lowest BCUT2D eigenvalue weighted by molar-refractivity contribution is -0.140. The number of ether oxygens (including phenoxy) is 1. The van der Waals surface area contributed by atoms with Gasteiger partial charge in [-0.2, -0.15) is 18.3 Å². The average molecular weight is 586 g/mol. The second kappa shape index (κ2) is 13.8. The molecule has 5 N–H and O–H groups in total. The Labute approximate surface area is 243 Å². The first-order valence-electron chi connectivity index (χ1n) is 14.2. The molecule has 3 aromatic rings. The fourth-order valence-electron chi connectivity index (χ4n) is 5.03. The summed E-state index contributed by atoms with van der Waals surface area (Å²) in [5, 5.41) is 13.8. The topological polar surface area (TPSA) is 120 Å². The van der Waals surface area contributed by atoms with Crippen molar-refractivity contribution in [3.63, 3.8) is 0 Å². The number of hydrogen-bond acceptors (Lipinski definition) is 6. The monoisotopic (exact) mass is 585 g/mol. The lowest BCUT2D eigenvalue weighted by Crippen LogP contribution is -2.36. The maximum atomic E-state index is 11.8. The van der Waals surface area contributed by atoms with Gasteiger partial charge < -0.3 is 20.6 Å². The van der Waals surface area contributed by atoms with Gasteiger partial charge in [-0.05, 0) is 73.9 Å². The molecule has 0 aliphatic heterocycles. The molecule has 2 saturated carbocycles. The second-order valence-corrected chi connectivity index (χ2v) is 11.0. The van der Waals surface area contributed by atoms with Crippen molar-refractivity contribution >= 4 is 5.97 Å². The Morgan fingerprint density at radius 2 is 1.79 bits per heavy atom. The molecule has 0 amide bonds. The molecule has 8 nitrogen and oxygen atoms in total. The van der Waals surface area contributed by atoms with Gasteiger partial charge >= 0.3 is 12.1 Å². The summed E-state index contributed by atoms with van der Waals surface area (Å²) in [6.07, 6.45) is 8.34. The first-order valence-corrected chi connectivity index (χ1v) is 14.2. The first kappa shape index (κ1) is 31.0. The van der Waals surface area contributed by atoms with E-state index in [1.54, 1.807) is 4.68 Å². The minimum Gasteiger partial charge on any atom is -0.490 e. The minimum absolute atomic E-state index is 0.169. The van der Waals surface area contributed by atoms with Crippen LogP contribution < -0.4 is 16.3 Å². The highest BCUT2D eigenvalue weighted by Gasteiger charge is 2.30. The maximum absolute atomic E-state index is 11.8. The fourth-order valence-corrected chi connectivity index (χ4v) is 5.03. The molecule has 2 fully saturated rings. The van der Waals surface area contributed by atoms with Crippen LogP contribution >= 0.6 is 0 Å². The van der Waals surface area contributed by atoms with Crippen LogP contribution in [0.25, 0.3) is 16.8 Å². The number of nitrogens with zero attached hydrogens (tertiary/aromatic N) is 3. The van der Waals surface area contributed by atoms with Gasteiger partial charge in [-0.1, -0.05) is 43.5 Å². The number of rotatable bonds is 9. The Hall–Kier alpha value is -3.99. The number of hydrazine groups is 1. The Morgan fingerprint density at radius 1 is 1.12 bits per heavy atom. The molecule has 2 aliphatic rings. The quantitative estimate of drug-likeness (QED) is 0.193. The number of nitrogens with two attached hydrogens (primary N) is 2. The largest absolute Gasteiger partial charge is 0.490 e. The maximum Gasteiger partial charge on any atom is 0.407 e. The van der Waals surface area contributed by atoms with Crippen molar-refractivity contribution in [3.8, 4) is 22.6 Å². The summed E-state index contributed by atoms with van der Waals surface area (Å²) < 4.78 is 43.2. The molecule has 1 unspecified atom stereocenters. The van der Waals surface area contributed by atoms with Crippen molar-refractivity contribution in [2.45, 2.75) is 64.1 Å². The predicted octanol–water partition coefficient (Wildman–Crippen LogP) is 6.52. The lowest BCUT2D eigenvalue weighted by atomic mass is 9.86. The van der Waals surface area contributed by atoms with Crippen LogP contribution in [0, 0.1) is 11.8 Å².